The molecule has 1 saturated heterocycles. The molecule has 20 heavy (non-hydrogen) atoms. The number of hydrogen-bond acceptors (Lipinski definition) is 4. The van der Waals surface area contributed by atoms with Crippen LogP contribution >= 0.6 is 0 Å². The van der Waals surface area contributed by atoms with Crippen LogP contribution in [0.2, 0.25) is 0 Å². The van der Waals surface area contributed by atoms with E-state index in [4.69, 9.17) is 10.5 Å². The highest BCUT2D eigenvalue weighted by molar-refractivity contribution is 5.79. The lowest BCUT2D eigenvalue weighted by atomic mass is 10.1. The molecule has 1 amide bonds. The fourth-order valence-corrected chi connectivity index (χ4v) is 3.09. The smallest absolute Gasteiger partial charge is 0.237 e. The summed E-state index contributed by atoms with van der Waals surface area (Å²) in [5.74, 6) is 0.210. The van der Waals surface area contributed by atoms with Crippen LogP contribution in [0, 0.1) is 28.6 Å². The summed E-state index contributed by atoms with van der Waals surface area (Å²) in [4.78, 5) is 13.4. The molecule has 1 N–H and O–H groups in total. The molecule has 0 aromatic carbocycles. The number of nitrogens with zero attached hydrogens (tertiary/aromatic N) is 3. The second-order valence-electron chi connectivity index (χ2n) is 5.64. The summed E-state index contributed by atoms with van der Waals surface area (Å²) in [7, 11) is 0. The zero-order valence-corrected chi connectivity index (χ0v) is 11.4. The van der Waals surface area contributed by atoms with E-state index in [1.54, 1.807) is 0 Å². The van der Waals surface area contributed by atoms with Crippen molar-refractivity contribution in [2.45, 2.75) is 50.4 Å². The largest absolute Gasteiger partial charge is 0.323 e. The summed E-state index contributed by atoms with van der Waals surface area (Å²) in [5, 5.41) is 20.7. The number of nitrogens with one attached hydrogen (secondary N) is 1. The Balaban J connectivity index is 1.76. The molecule has 2 rings (SSSR count). The van der Waals surface area contributed by atoms with Gasteiger partial charge in [-0.1, -0.05) is 0 Å². The minimum Gasteiger partial charge on any atom is -0.323 e. The number of hydrogen-bond donors (Lipinski definition) is 1. The maximum Gasteiger partial charge on any atom is 0.237 e. The van der Waals surface area contributed by atoms with E-state index in [2.05, 4.69) is 11.4 Å². The minimum atomic E-state index is -1.09. The van der Waals surface area contributed by atoms with Crippen molar-refractivity contribution in [1.82, 2.24) is 10.2 Å². The third-order valence-corrected chi connectivity index (χ3v) is 4.18. The Bertz CT molecular complexity index is 441. The van der Waals surface area contributed by atoms with Crippen LogP contribution < -0.4 is 5.32 Å². The van der Waals surface area contributed by atoms with E-state index in [0.29, 0.717) is 12.3 Å². The first kappa shape index (κ1) is 14.7. The average Bonchev–Trinajstić information content (AvgIpc) is 3.03. The quantitative estimate of drug-likeness (QED) is 0.835. The predicted molar refractivity (Wildman–Crippen MR) is 70.0 cm³/mol. The highest BCUT2D eigenvalue weighted by Crippen LogP contribution is 2.27. The van der Waals surface area contributed by atoms with E-state index in [-0.39, 0.29) is 31.5 Å². The Hall–Kier alpha value is -1.66. The van der Waals surface area contributed by atoms with Gasteiger partial charge in [0.2, 0.25) is 5.91 Å². The van der Waals surface area contributed by atoms with Crippen LogP contribution in [-0.2, 0) is 4.79 Å². The molecule has 1 aliphatic carbocycles. The van der Waals surface area contributed by atoms with Crippen LogP contribution in [0.3, 0.4) is 0 Å². The van der Waals surface area contributed by atoms with E-state index in [1.165, 1.54) is 4.90 Å². The monoisotopic (exact) mass is 278 g/mol. The normalized spacial score (nSPS) is 32.9. The van der Waals surface area contributed by atoms with Crippen LogP contribution in [0.15, 0.2) is 0 Å². The SMILES string of the molecule is N#CC[C@H]1CC[C@@H](NCC(=O)N2C[C@@H](F)C[C@H]2C#N)C1. The topological polar surface area (TPSA) is 79.9 Å². The molecule has 0 radical (unpaired) electrons. The summed E-state index contributed by atoms with van der Waals surface area (Å²) in [6, 6.07) is 3.78. The van der Waals surface area contributed by atoms with Crippen molar-refractivity contribution in [2.24, 2.45) is 5.92 Å². The molecule has 5 nitrogen and oxygen atoms in total. The Labute approximate surface area is 118 Å². The third-order valence-electron chi connectivity index (χ3n) is 4.18. The van der Waals surface area contributed by atoms with E-state index in [1.807, 2.05) is 6.07 Å². The average molecular weight is 278 g/mol. The maximum absolute atomic E-state index is 13.3. The predicted octanol–water partition coefficient (Wildman–Crippen LogP) is 1.12. The van der Waals surface area contributed by atoms with Gasteiger partial charge in [0.15, 0.2) is 0 Å². The Morgan fingerprint density at radius 3 is 2.85 bits per heavy atom. The van der Waals surface area contributed by atoms with Gasteiger partial charge in [0.05, 0.1) is 25.2 Å². The molecule has 0 spiro atoms. The lowest BCUT2D eigenvalue weighted by Crippen LogP contribution is -2.43. The first-order valence-electron chi connectivity index (χ1n) is 7.07. The number of halogens is 1. The van der Waals surface area contributed by atoms with Crippen LogP contribution in [0.25, 0.3) is 0 Å². The number of carbonyl (C=O) groups is 1. The highest BCUT2D eigenvalue weighted by Gasteiger charge is 2.35. The summed E-state index contributed by atoms with van der Waals surface area (Å²) in [5.41, 5.74) is 0. The Morgan fingerprint density at radius 1 is 1.35 bits per heavy atom. The van der Waals surface area contributed by atoms with Gasteiger partial charge in [0.25, 0.3) is 0 Å². The second kappa shape index (κ2) is 6.67. The van der Waals surface area contributed by atoms with Gasteiger partial charge in [0, 0.05) is 18.9 Å². The number of carbonyl (C=O) groups excluding carboxylic acids is 1. The third kappa shape index (κ3) is 3.46. The van der Waals surface area contributed by atoms with Crippen molar-refractivity contribution in [3.8, 4) is 12.1 Å². The Morgan fingerprint density at radius 2 is 2.15 bits per heavy atom. The standard InChI is InChI=1S/C14H19FN4O/c15-11-6-13(7-17)19(9-11)14(20)8-18-12-2-1-10(5-12)3-4-16/h10-13,18H,1-3,5-6,8-9H2/t10-,11+,12-,13+/m1/s1. The summed E-state index contributed by atoms with van der Waals surface area (Å²) < 4.78 is 13.3. The number of amides is 1. The minimum absolute atomic E-state index is 0.0282. The second-order valence-corrected chi connectivity index (χ2v) is 5.64. The molecule has 108 valence electrons. The Kier molecular flexibility index (Phi) is 4.92. The molecule has 0 aromatic rings. The highest BCUT2D eigenvalue weighted by atomic mass is 19.1. The van der Waals surface area contributed by atoms with E-state index < -0.39 is 12.2 Å². The van der Waals surface area contributed by atoms with Gasteiger partial charge in [-0.3, -0.25) is 4.79 Å². The van der Waals surface area contributed by atoms with Crippen LogP contribution in [0.5, 0.6) is 0 Å². The van der Waals surface area contributed by atoms with Crippen molar-refractivity contribution in [1.29, 1.82) is 10.5 Å². The van der Waals surface area contributed by atoms with Gasteiger partial charge in [0.1, 0.15) is 12.2 Å². The van der Waals surface area contributed by atoms with E-state index >= 15 is 0 Å². The molecular weight excluding hydrogens is 259 g/mol. The number of alkyl halides is 1. The summed E-state index contributed by atoms with van der Waals surface area (Å²) >= 11 is 0. The zero-order chi connectivity index (χ0) is 14.5. The first-order valence-corrected chi connectivity index (χ1v) is 7.07. The number of rotatable bonds is 4. The number of nitriles is 2. The van der Waals surface area contributed by atoms with Crippen molar-refractivity contribution in [3.05, 3.63) is 0 Å². The molecule has 0 aromatic heterocycles. The van der Waals surface area contributed by atoms with Gasteiger partial charge in [-0.15, -0.1) is 0 Å². The van der Waals surface area contributed by atoms with Crippen molar-refractivity contribution >= 4 is 5.91 Å². The molecule has 1 saturated carbocycles. The lowest BCUT2D eigenvalue weighted by molar-refractivity contribution is -0.130. The molecule has 2 aliphatic rings. The molecular formula is C14H19FN4O. The van der Waals surface area contributed by atoms with Gasteiger partial charge in [-0.2, -0.15) is 10.5 Å². The summed E-state index contributed by atoms with van der Waals surface area (Å²) in [6.07, 6.45) is 2.49. The van der Waals surface area contributed by atoms with Crippen molar-refractivity contribution in [2.75, 3.05) is 13.1 Å². The maximum atomic E-state index is 13.3. The summed E-state index contributed by atoms with van der Waals surface area (Å²) in [6.45, 7) is 0.176. The fraction of sp³-hybridized carbons (Fsp3) is 0.786. The van der Waals surface area contributed by atoms with Crippen LogP contribution in [-0.4, -0.2) is 42.2 Å². The fourth-order valence-electron chi connectivity index (χ4n) is 3.09. The molecule has 4 atom stereocenters. The molecule has 0 unspecified atom stereocenters. The van der Waals surface area contributed by atoms with Crippen molar-refractivity contribution in [3.63, 3.8) is 0 Å². The van der Waals surface area contributed by atoms with Gasteiger partial charge >= 0.3 is 0 Å². The first-order chi connectivity index (χ1) is 9.63. The van der Waals surface area contributed by atoms with Gasteiger partial charge < -0.3 is 10.2 Å². The van der Waals surface area contributed by atoms with Gasteiger partial charge in [-0.25, -0.2) is 4.39 Å². The van der Waals surface area contributed by atoms with Crippen molar-refractivity contribution < 1.29 is 9.18 Å². The lowest BCUT2D eigenvalue weighted by Gasteiger charge is -2.21. The molecule has 1 aliphatic heterocycles. The molecule has 0 bridgehead atoms. The number of likely N-dealkylation sites (tertiary alicyclic amines) is 1. The van der Waals surface area contributed by atoms with Crippen LogP contribution in [0.1, 0.15) is 32.1 Å². The van der Waals surface area contributed by atoms with E-state index in [9.17, 15) is 9.18 Å². The molecule has 6 heteroatoms. The molecule has 2 fully saturated rings. The molecule has 1 heterocycles. The van der Waals surface area contributed by atoms with Crippen LogP contribution in [0.4, 0.5) is 4.39 Å². The van der Waals surface area contributed by atoms with Gasteiger partial charge in [-0.05, 0) is 25.2 Å². The van der Waals surface area contributed by atoms with E-state index in [0.717, 1.165) is 19.3 Å². The zero-order valence-electron chi connectivity index (χ0n) is 11.4.